The number of fused-ring (bicyclic) bond motifs is 1. The summed E-state index contributed by atoms with van der Waals surface area (Å²) in [6.07, 6.45) is 3.21. The van der Waals surface area contributed by atoms with Crippen molar-refractivity contribution in [2.75, 3.05) is 0 Å². The number of nitrogens with one attached hydrogen (secondary N) is 1. The summed E-state index contributed by atoms with van der Waals surface area (Å²) in [7, 11) is 0. The molecule has 5 rings (SSSR count). The molecule has 0 bridgehead atoms. The first-order chi connectivity index (χ1) is 16.8. The van der Waals surface area contributed by atoms with Crippen molar-refractivity contribution in [1.82, 2.24) is 10.3 Å². The number of amides is 1. The molecule has 0 saturated heterocycles. The van der Waals surface area contributed by atoms with Crippen molar-refractivity contribution in [1.29, 1.82) is 0 Å². The van der Waals surface area contributed by atoms with Crippen molar-refractivity contribution in [2.24, 2.45) is 11.8 Å². The molecule has 1 aromatic heterocycles. The van der Waals surface area contributed by atoms with Gasteiger partial charge in [-0.3, -0.25) is 0 Å². The lowest BCUT2D eigenvalue weighted by Crippen LogP contribution is -2.41. The maximum atomic E-state index is 13.6. The van der Waals surface area contributed by atoms with Crippen LogP contribution in [0.3, 0.4) is 0 Å². The molecule has 0 radical (unpaired) electrons. The minimum absolute atomic E-state index is 0.159. The van der Waals surface area contributed by atoms with Crippen molar-refractivity contribution in [3.63, 3.8) is 0 Å². The van der Waals surface area contributed by atoms with E-state index in [1.165, 1.54) is 31.4 Å². The molecule has 1 unspecified atom stereocenters. The lowest BCUT2D eigenvalue weighted by Gasteiger charge is -2.28. The zero-order valence-electron chi connectivity index (χ0n) is 19.8. The summed E-state index contributed by atoms with van der Waals surface area (Å²) in [6, 6.07) is 17.3. The van der Waals surface area contributed by atoms with Gasteiger partial charge in [0.05, 0.1) is 16.3 Å². The number of benzene rings is 2. The van der Waals surface area contributed by atoms with Crippen LogP contribution in [0.5, 0.6) is 5.88 Å². The van der Waals surface area contributed by atoms with Crippen LogP contribution in [0.15, 0.2) is 60.7 Å². The first kappa shape index (κ1) is 23.6. The number of carbonyl (C=O) groups is 1. The molecule has 35 heavy (non-hydrogen) atoms. The third kappa shape index (κ3) is 5.13. The number of hydrogen-bond acceptors (Lipinski definition) is 4. The zero-order chi connectivity index (χ0) is 24.6. The van der Waals surface area contributed by atoms with Gasteiger partial charge in [0.15, 0.2) is 0 Å². The number of pyridine rings is 1. The molecule has 0 aliphatic heterocycles. The van der Waals surface area contributed by atoms with E-state index >= 15 is 0 Å². The number of rotatable bonds is 7. The van der Waals surface area contributed by atoms with Gasteiger partial charge in [0.1, 0.15) is 18.5 Å². The number of aromatic nitrogens is 1. The summed E-state index contributed by atoms with van der Waals surface area (Å²) < 4.78 is 25.3. The Morgan fingerprint density at radius 1 is 1.11 bits per heavy atom. The van der Waals surface area contributed by atoms with E-state index in [2.05, 4.69) is 10.3 Å². The molecule has 1 heterocycles. The second kappa shape index (κ2) is 9.50. The Bertz CT molecular complexity index is 1210. The molecule has 7 heteroatoms. The average Bonchev–Trinajstić information content (AvgIpc) is 3.24. The van der Waals surface area contributed by atoms with Gasteiger partial charge < -0.3 is 14.8 Å². The summed E-state index contributed by atoms with van der Waals surface area (Å²) in [5, 5.41) is 3.29. The summed E-state index contributed by atoms with van der Waals surface area (Å²) in [6.45, 7) is 3.86. The van der Waals surface area contributed by atoms with Gasteiger partial charge in [0.2, 0.25) is 5.88 Å². The summed E-state index contributed by atoms with van der Waals surface area (Å²) in [4.78, 5) is 17.3. The normalized spacial score (nSPS) is 20.7. The van der Waals surface area contributed by atoms with E-state index in [0.29, 0.717) is 39.6 Å². The van der Waals surface area contributed by atoms with Gasteiger partial charge in [-0.1, -0.05) is 48.4 Å². The number of hydrogen-bond donors (Lipinski definition) is 1. The van der Waals surface area contributed by atoms with Crippen LogP contribution in [0.25, 0.3) is 11.3 Å². The SMILES string of the molecule is CC(C)(NC(=O)OCc1ccccc1)c1cc(OC2[C@H]3CCC[C@@H]23)nc(-c2ccc(F)cc2)c1Cl. The molecule has 2 fully saturated rings. The third-order valence-electron chi connectivity index (χ3n) is 6.94. The lowest BCUT2D eigenvalue weighted by molar-refractivity contribution is 0.129. The fourth-order valence-corrected chi connectivity index (χ4v) is 5.41. The van der Waals surface area contributed by atoms with Gasteiger partial charge in [-0.05, 0) is 56.5 Å². The average molecular weight is 495 g/mol. The lowest BCUT2D eigenvalue weighted by atomic mass is 9.93. The number of halogens is 2. The second-order valence-corrected chi connectivity index (χ2v) is 10.2. The van der Waals surface area contributed by atoms with E-state index in [1.807, 2.05) is 44.2 Å². The predicted octanol–water partition coefficient (Wildman–Crippen LogP) is 6.88. The molecule has 2 aliphatic carbocycles. The number of nitrogens with zero attached hydrogens (tertiary/aromatic N) is 1. The first-order valence-electron chi connectivity index (χ1n) is 11.9. The molecule has 0 spiro atoms. The Kier molecular flexibility index (Phi) is 6.41. The third-order valence-corrected chi connectivity index (χ3v) is 7.32. The van der Waals surface area contributed by atoms with Crippen molar-refractivity contribution in [3.8, 4) is 17.1 Å². The summed E-state index contributed by atoms with van der Waals surface area (Å²) in [5.74, 6) is 1.29. The molecule has 3 atom stereocenters. The van der Waals surface area contributed by atoms with E-state index in [1.54, 1.807) is 18.2 Å². The van der Waals surface area contributed by atoms with Crippen LogP contribution in [0.4, 0.5) is 9.18 Å². The van der Waals surface area contributed by atoms with Gasteiger partial charge >= 0.3 is 6.09 Å². The highest BCUT2D eigenvalue weighted by Crippen LogP contribution is 2.54. The van der Waals surface area contributed by atoms with Crippen LogP contribution in [0.1, 0.15) is 44.2 Å². The minimum atomic E-state index is -0.889. The van der Waals surface area contributed by atoms with E-state index < -0.39 is 11.6 Å². The van der Waals surface area contributed by atoms with Gasteiger partial charge in [0.25, 0.3) is 0 Å². The van der Waals surface area contributed by atoms with Crippen molar-refractivity contribution >= 4 is 17.7 Å². The number of alkyl carbamates (subject to hydrolysis) is 1. The molecule has 3 aromatic rings. The minimum Gasteiger partial charge on any atom is -0.474 e. The van der Waals surface area contributed by atoms with Crippen LogP contribution in [-0.2, 0) is 16.9 Å². The van der Waals surface area contributed by atoms with Crippen molar-refractivity contribution in [2.45, 2.75) is 51.4 Å². The topological polar surface area (TPSA) is 60.5 Å². The molecule has 2 aliphatic rings. The smallest absolute Gasteiger partial charge is 0.408 e. The quantitative estimate of drug-likeness (QED) is 0.389. The molecule has 1 N–H and O–H groups in total. The maximum absolute atomic E-state index is 13.6. The van der Waals surface area contributed by atoms with Crippen LogP contribution in [0.2, 0.25) is 5.02 Å². The Labute approximate surface area is 209 Å². The predicted molar refractivity (Wildman–Crippen MR) is 133 cm³/mol. The van der Waals surface area contributed by atoms with E-state index in [0.717, 1.165) is 5.56 Å². The summed E-state index contributed by atoms with van der Waals surface area (Å²) >= 11 is 6.84. The fraction of sp³-hybridized carbons (Fsp3) is 0.357. The Morgan fingerprint density at radius 3 is 2.49 bits per heavy atom. The summed E-state index contributed by atoms with van der Waals surface area (Å²) in [5.41, 5.74) is 1.80. The Balaban J connectivity index is 1.41. The highest BCUT2D eigenvalue weighted by molar-refractivity contribution is 6.34. The van der Waals surface area contributed by atoms with Crippen LogP contribution < -0.4 is 10.1 Å². The van der Waals surface area contributed by atoms with Crippen LogP contribution in [0, 0.1) is 17.7 Å². The Morgan fingerprint density at radius 2 is 1.80 bits per heavy atom. The largest absolute Gasteiger partial charge is 0.474 e. The monoisotopic (exact) mass is 494 g/mol. The van der Waals surface area contributed by atoms with E-state index in [-0.39, 0.29) is 18.5 Å². The maximum Gasteiger partial charge on any atom is 0.408 e. The fourth-order valence-electron chi connectivity index (χ4n) is 4.97. The van der Waals surface area contributed by atoms with Crippen molar-refractivity contribution in [3.05, 3.63) is 82.6 Å². The highest BCUT2D eigenvalue weighted by Gasteiger charge is 2.55. The molecule has 5 nitrogen and oxygen atoms in total. The molecule has 2 saturated carbocycles. The molecule has 2 aromatic carbocycles. The second-order valence-electron chi connectivity index (χ2n) is 9.83. The molecule has 182 valence electrons. The Hall–Kier alpha value is -3.12. The molecule has 1 amide bonds. The van der Waals surface area contributed by atoms with Gasteiger partial charge in [-0.15, -0.1) is 0 Å². The molecular formula is C28H28ClFN2O3. The van der Waals surface area contributed by atoms with Gasteiger partial charge in [0, 0.05) is 29.0 Å². The molecular weight excluding hydrogens is 467 g/mol. The van der Waals surface area contributed by atoms with Crippen molar-refractivity contribution < 1.29 is 18.7 Å². The standard InChI is InChI=1S/C28H28ClFN2O3/c1-28(2,32-27(33)34-16-17-7-4-3-5-8-17)22-15-23(35-26-20-9-6-10-21(20)26)31-25(24(22)29)18-11-13-19(30)14-12-18/h3-5,7-8,11-15,20-21,26H,6,9-10,16H2,1-2H3,(H,32,33)/t20-,21+,26?. The van der Waals surface area contributed by atoms with Crippen LogP contribution >= 0.6 is 11.6 Å². The highest BCUT2D eigenvalue weighted by atomic mass is 35.5. The van der Waals surface area contributed by atoms with Gasteiger partial charge in [-0.2, -0.15) is 0 Å². The number of ether oxygens (including phenoxy) is 2. The van der Waals surface area contributed by atoms with E-state index in [9.17, 15) is 9.18 Å². The zero-order valence-corrected chi connectivity index (χ0v) is 20.5. The number of carbonyl (C=O) groups excluding carboxylic acids is 1. The van der Waals surface area contributed by atoms with Gasteiger partial charge in [-0.25, -0.2) is 14.2 Å². The first-order valence-corrected chi connectivity index (χ1v) is 12.3. The van der Waals surface area contributed by atoms with E-state index in [4.69, 9.17) is 21.1 Å². The van der Waals surface area contributed by atoms with Crippen LogP contribution in [-0.4, -0.2) is 17.2 Å².